The third-order valence-electron chi connectivity index (χ3n) is 4.94. The van der Waals surface area contributed by atoms with Gasteiger partial charge in [-0.1, -0.05) is 19.1 Å². The smallest absolute Gasteiger partial charge is 0.242 e. The lowest BCUT2D eigenvalue weighted by atomic mass is 10.1. The number of furan rings is 1. The van der Waals surface area contributed by atoms with E-state index in [-0.39, 0.29) is 18.4 Å². The molecule has 31 heavy (non-hydrogen) atoms. The van der Waals surface area contributed by atoms with Crippen molar-refractivity contribution in [2.75, 3.05) is 33.9 Å². The zero-order valence-corrected chi connectivity index (χ0v) is 18.8. The van der Waals surface area contributed by atoms with E-state index in [0.29, 0.717) is 49.7 Å². The average Bonchev–Trinajstić information content (AvgIpc) is 3.19. The molecule has 0 N–H and O–H groups in total. The predicted octanol–water partition coefficient (Wildman–Crippen LogP) is 3.60. The summed E-state index contributed by atoms with van der Waals surface area (Å²) in [7, 11) is 3.19. The third kappa shape index (κ3) is 6.91. The van der Waals surface area contributed by atoms with Gasteiger partial charge < -0.3 is 23.7 Å². The Morgan fingerprint density at radius 1 is 1.06 bits per heavy atom. The highest BCUT2D eigenvalue weighted by molar-refractivity contribution is 5.84. The minimum absolute atomic E-state index is 0.00428. The Kier molecular flexibility index (Phi) is 9.18. The Morgan fingerprint density at radius 2 is 1.81 bits per heavy atom. The van der Waals surface area contributed by atoms with Gasteiger partial charge in [0.1, 0.15) is 18.1 Å². The van der Waals surface area contributed by atoms with Crippen LogP contribution in [0.25, 0.3) is 0 Å². The van der Waals surface area contributed by atoms with Crippen LogP contribution in [0.1, 0.15) is 30.4 Å². The molecule has 7 heteroatoms. The molecule has 168 valence electrons. The second kappa shape index (κ2) is 11.8. The van der Waals surface area contributed by atoms with E-state index in [1.54, 1.807) is 32.1 Å². The maximum Gasteiger partial charge on any atom is 0.242 e. The van der Waals surface area contributed by atoms with E-state index in [1.165, 1.54) is 4.90 Å². The fraction of sp³-hybridized carbons (Fsp3) is 0.417. The maximum absolute atomic E-state index is 13.1. The highest BCUT2D eigenvalue weighted by atomic mass is 16.5. The van der Waals surface area contributed by atoms with Crippen LogP contribution in [0.5, 0.6) is 11.5 Å². The first-order valence-corrected chi connectivity index (χ1v) is 10.3. The highest BCUT2D eigenvalue weighted by Gasteiger charge is 2.21. The molecule has 1 aromatic carbocycles. The number of rotatable bonds is 12. The van der Waals surface area contributed by atoms with Crippen molar-refractivity contribution in [3.63, 3.8) is 0 Å². The lowest BCUT2D eigenvalue weighted by Crippen LogP contribution is -2.43. The molecule has 2 amide bonds. The summed E-state index contributed by atoms with van der Waals surface area (Å²) < 4.78 is 16.3. The van der Waals surface area contributed by atoms with Crippen LogP contribution in [0.4, 0.5) is 0 Å². The molecular weight excluding hydrogens is 396 g/mol. The molecule has 1 aromatic heterocycles. The first-order chi connectivity index (χ1) is 14.9. The molecule has 0 aliphatic rings. The Balaban J connectivity index is 2.16. The lowest BCUT2D eigenvalue weighted by molar-refractivity contribution is -0.140. The second-order valence-corrected chi connectivity index (χ2v) is 7.18. The molecule has 0 unspecified atom stereocenters. The molecule has 0 aliphatic heterocycles. The number of carbonyl (C=O) groups is 2. The van der Waals surface area contributed by atoms with Crippen molar-refractivity contribution in [2.24, 2.45) is 0 Å². The molecule has 7 nitrogen and oxygen atoms in total. The molecule has 0 aliphatic carbocycles. The van der Waals surface area contributed by atoms with E-state index < -0.39 is 0 Å². The number of methoxy groups -OCH3 is 2. The number of hydrogen-bond acceptors (Lipinski definition) is 5. The fourth-order valence-corrected chi connectivity index (χ4v) is 3.25. The SMILES string of the molecule is C=CCN(CC(=O)N(CCc1ccc(OC)c(OC)c1)Cc1ccc(C)o1)C(=O)CC. The van der Waals surface area contributed by atoms with Crippen LogP contribution in [0.15, 0.2) is 47.4 Å². The van der Waals surface area contributed by atoms with Gasteiger partial charge in [-0.15, -0.1) is 6.58 Å². The summed E-state index contributed by atoms with van der Waals surface area (Å²) >= 11 is 0. The van der Waals surface area contributed by atoms with Crippen molar-refractivity contribution in [1.82, 2.24) is 9.80 Å². The van der Waals surface area contributed by atoms with Gasteiger partial charge in [-0.25, -0.2) is 0 Å². The molecule has 0 saturated heterocycles. The van der Waals surface area contributed by atoms with Gasteiger partial charge in [0, 0.05) is 19.5 Å². The van der Waals surface area contributed by atoms with Crippen LogP contribution in [0.3, 0.4) is 0 Å². The minimum atomic E-state index is -0.141. The van der Waals surface area contributed by atoms with Crippen molar-refractivity contribution in [3.05, 3.63) is 60.1 Å². The van der Waals surface area contributed by atoms with Crippen LogP contribution in [-0.4, -0.2) is 55.5 Å². The minimum Gasteiger partial charge on any atom is -0.493 e. The van der Waals surface area contributed by atoms with Gasteiger partial charge in [-0.05, 0) is 43.2 Å². The number of aryl methyl sites for hydroxylation is 1. The summed E-state index contributed by atoms with van der Waals surface area (Å²) in [6, 6.07) is 9.44. The van der Waals surface area contributed by atoms with Crippen LogP contribution >= 0.6 is 0 Å². The monoisotopic (exact) mass is 428 g/mol. The van der Waals surface area contributed by atoms with E-state index >= 15 is 0 Å². The molecule has 0 fully saturated rings. The fourth-order valence-electron chi connectivity index (χ4n) is 3.25. The Hall–Kier alpha value is -3.22. The van der Waals surface area contributed by atoms with Gasteiger partial charge in [0.05, 0.1) is 20.8 Å². The molecule has 0 bridgehead atoms. The van der Waals surface area contributed by atoms with Gasteiger partial charge in [-0.2, -0.15) is 0 Å². The summed E-state index contributed by atoms with van der Waals surface area (Å²) in [5.41, 5.74) is 1.01. The normalized spacial score (nSPS) is 10.5. The predicted molar refractivity (Wildman–Crippen MR) is 119 cm³/mol. The first-order valence-electron chi connectivity index (χ1n) is 10.3. The van der Waals surface area contributed by atoms with E-state index in [4.69, 9.17) is 13.9 Å². The van der Waals surface area contributed by atoms with Crippen LogP contribution in [-0.2, 0) is 22.6 Å². The summed E-state index contributed by atoms with van der Waals surface area (Å²) in [6.45, 7) is 8.48. The summed E-state index contributed by atoms with van der Waals surface area (Å²) in [5, 5.41) is 0. The molecular formula is C24H32N2O5. The summed E-state index contributed by atoms with van der Waals surface area (Å²) in [6.07, 6.45) is 2.59. The van der Waals surface area contributed by atoms with Gasteiger partial charge in [0.2, 0.25) is 11.8 Å². The maximum atomic E-state index is 13.1. The van der Waals surface area contributed by atoms with Crippen molar-refractivity contribution in [1.29, 1.82) is 0 Å². The molecule has 0 saturated carbocycles. The summed E-state index contributed by atoms with van der Waals surface area (Å²) in [4.78, 5) is 28.5. The van der Waals surface area contributed by atoms with E-state index in [0.717, 1.165) is 11.3 Å². The van der Waals surface area contributed by atoms with Crippen molar-refractivity contribution in [3.8, 4) is 11.5 Å². The van der Waals surface area contributed by atoms with E-state index in [1.807, 2.05) is 37.3 Å². The number of benzene rings is 1. The Morgan fingerprint density at radius 3 is 2.39 bits per heavy atom. The standard InChI is InChI=1S/C24H32N2O5/c1-6-13-25(23(27)7-2)17-24(28)26(16-20-10-8-18(3)31-20)14-12-19-9-11-21(29-4)22(15-19)30-5/h6,8-11,15H,1,7,12-14,16-17H2,2-5H3. The van der Waals surface area contributed by atoms with Crippen molar-refractivity contribution >= 4 is 11.8 Å². The topological polar surface area (TPSA) is 72.2 Å². The lowest BCUT2D eigenvalue weighted by Gasteiger charge is -2.26. The van der Waals surface area contributed by atoms with Crippen LogP contribution < -0.4 is 9.47 Å². The second-order valence-electron chi connectivity index (χ2n) is 7.18. The molecule has 0 radical (unpaired) electrons. The van der Waals surface area contributed by atoms with Crippen LogP contribution in [0.2, 0.25) is 0 Å². The average molecular weight is 429 g/mol. The Labute approximate surface area is 184 Å². The number of carbonyl (C=O) groups excluding carboxylic acids is 2. The molecule has 2 aromatic rings. The van der Waals surface area contributed by atoms with Gasteiger partial charge in [0.25, 0.3) is 0 Å². The van der Waals surface area contributed by atoms with Gasteiger partial charge in [-0.3, -0.25) is 9.59 Å². The quantitative estimate of drug-likeness (QED) is 0.483. The van der Waals surface area contributed by atoms with Crippen LogP contribution in [0, 0.1) is 6.92 Å². The molecule has 2 rings (SSSR count). The third-order valence-corrected chi connectivity index (χ3v) is 4.94. The zero-order chi connectivity index (χ0) is 22.8. The summed E-state index contributed by atoms with van der Waals surface area (Å²) in [5.74, 6) is 2.57. The molecule has 0 atom stereocenters. The number of amides is 2. The Bertz CT molecular complexity index is 890. The van der Waals surface area contributed by atoms with Crippen molar-refractivity contribution in [2.45, 2.75) is 33.2 Å². The number of hydrogen-bond donors (Lipinski definition) is 0. The number of nitrogens with zero attached hydrogens (tertiary/aromatic N) is 2. The van der Waals surface area contributed by atoms with E-state index in [2.05, 4.69) is 6.58 Å². The zero-order valence-electron chi connectivity index (χ0n) is 18.8. The van der Waals surface area contributed by atoms with Gasteiger partial charge in [0.15, 0.2) is 11.5 Å². The van der Waals surface area contributed by atoms with Gasteiger partial charge >= 0.3 is 0 Å². The molecule has 1 heterocycles. The van der Waals surface area contributed by atoms with E-state index in [9.17, 15) is 9.59 Å². The first kappa shape index (κ1) is 24.1. The highest BCUT2D eigenvalue weighted by Crippen LogP contribution is 2.27. The van der Waals surface area contributed by atoms with Crippen molar-refractivity contribution < 1.29 is 23.5 Å². The molecule has 0 spiro atoms. The number of ether oxygens (including phenoxy) is 2. The largest absolute Gasteiger partial charge is 0.493 e.